The minimum atomic E-state index is -3.28. The lowest BCUT2D eigenvalue weighted by Crippen LogP contribution is -2.38. The second-order valence-corrected chi connectivity index (χ2v) is 7.91. The molecule has 1 aliphatic heterocycles. The van der Waals surface area contributed by atoms with Gasteiger partial charge < -0.3 is 4.98 Å². The Morgan fingerprint density at radius 3 is 3.05 bits per heavy atom. The molecule has 0 unspecified atom stereocenters. The molecule has 6 nitrogen and oxygen atoms in total. The molecule has 0 saturated carbocycles. The van der Waals surface area contributed by atoms with E-state index < -0.39 is 10.2 Å². The van der Waals surface area contributed by atoms with Crippen LogP contribution < -0.4 is 0 Å². The van der Waals surface area contributed by atoms with Crippen molar-refractivity contribution < 1.29 is 8.42 Å². The van der Waals surface area contributed by atoms with E-state index in [9.17, 15) is 8.42 Å². The van der Waals surface area contributed by atoms with Gasteiger partial charge in [-0.1, -0.05) is 0 Å². The number of aromatic amines is 1. The third-order valence-corrected chi connectivity index (χ3v) is 5.92. The molecule has 2 aromatic rings. The summed E-state index contributed by atoms with van der Waals surface area (Å²) in [5.74, 6) is 0.359. The number of rotatable bonds is 4. The average molecular weight is 308 g/mol. The standard InChI is InChI=1S/C14H20N4O2S/c1-17(2)21(19,20)18-6-4-11(10-18)7-12-8-13-3-5-15-14(13)16-9-12/h3,5,8-9,11H,4,6-7,10H2,1-2H3,(H,15,16)/t11-/m0/s1. The van der Waals surface area contributed by atoms with Crippen LogP contribution in [-0.2, 0) is 16.6 Å². The molecule has 7 heteroatoms. The molecule has 0 aliphatic carbocycles. The fourth-order valence-corrected chi connectivity index (χ4v) is 4.03. The highest BCUT2D eigenvalue weighted by Crippen LogP contribution is 2.24. The van der Waals surface area contributed by atoms with Gasteiger partial charge in [-0.05, 0) is 36.5 Å². The lowest BCUT2D eigenvalue weighted by molar-refractivity contribution is 0.409. The Hall–Kier alpha value is -1.44. The maximum Gasteiger partial charge on any atom is 0.281 e. The van der Waals surface area contributed by atoms with E-state index in [0.717, 1.165) is 29.4 Å². The molecule has 21 heavy (non-hydrogen) atoms. The molecule has 0 radical (unpaired) electrons. The van der Waals surface area contributed by atoms with E-state index >= 15 is 0 Å². The van der Waals surface area contributed by atoms with Gasteiger partial charge in [0.05, 0.1) is 0 Å². The molecule has 2 aromatic heterocycles. The van der Waals surface area contributed by atoms with Crippen molar-refractivity contribution in [2.75, 3.05) is 27.2 Å². The Labute approximate surface area is 125 Å². The average Bonchev–Trinajstić information content (AvgIpc) is 3.06. The van der Waals surface area contributed by atoms with Crippen molar-refractivity contribution in [3.8, 4) is 0 Å². The number of pyridine rings is 1. The third kappa shape index (κ3) is 2.81. The van der Waals surface area contributed by atoms with Crippen LogP contribution in [0.3, 0.4) is 0 Å². The summed E-state index contributed by atoms with van der Waals surface area (Å²) in [7, 11) is -0.130. The van der Waals surface area contributed by atoms with Crippen molar-refractivity contribution >= 4 is 21.2 Å². The molecule has 0 amide bonds. The molecule has 3 rings (SSSR count). The minimum Gasteiger partial charge on any atom is -0.346 e. The highest BCUT2D eigenvalue weighted by molar-refractivity contribution is 7.86. The van der Waals surface area contributed by atoms with Gasteiger partial charge in [0.15, 0.2) is 0 Å². The maximum absolute atomic E-state index is 12.1. The van der Waals surface area contributed by atoms with E-state index in [0.29, 0.717) is 19.0 Å². The SMILES string of the molecule is CN(C)S(=O)(=O)N1CC[C@@H](Cc2cnc3[nH]ccc3c2)C1. The van der Waals surface area contributed by atoms with Gasteiger partial charge in [-0.2, -0.15) is 17.0 Å². The summed E-state index contributed by atoms with van der Waals surface area (Å²) in [4.78, 5) is 7.46. The fraction of sp³-hybridized carbons (Fsp3) is 0.500. The first-order valence-electron chi connectivity index (χ1n) is 7.06. The van der Waals surface area contributed by atoms with Gasteiger partial charge in [-0.25, -0.2) is 4.98 Å². The van der Waals surface area contributed by atoms with E-state index in [2.05, 4.69) is 16.0 Å². The number of fused-ring (bicyclic) bond motifs is 1. The summed E-state index contributed by atoms with van der Waals surface area (Å²) in [5.41, 5.74) is 2.05. The number of hydrogen-bond acceptors (Lipinski definition) is 3. The van der Waals surface area contributed by atoms with Crippen molar-refractivity contribution in [1.29, 1.82) is 0 Å². The molecule has 1 aliphatic rings. The molecule has 1 atom stereocenters. The first-order chi connectivity index (χ1) is 9.96. The van der Waals surface area contributed by atoms with Crippen LogP contribution in [0.1, 0.15) is 12.0 Å². The van der Waals surface area contributed by atoms with Gasteiger partial charge in [0.2, 0.25) is 0 Å². The van der Waals surface area contributed by atoms with Crippen LogP contribution in [0.4, 0.5) is 0 Å². The molecule has 1 saturated heterocycles. The second kappa shape index (κ2) is 5.40. The van der Waals surface area contributed by atoms with Gasteiger partial charge in [-0.15, -0.1) is 0 Å². The zero-order valence-corrected chi connectivity index (χ0v) is 13.1. The number of H-pyrrole nitrogens is 1. The molecular formula is C14H20N4O2S. The van der Waals surface area contributed by atoms with E-state index in [1.165, 1.54) is 4.31 Å². The number of nitrogens with zero attached hydrogens (tertiary/aromatic N) is 3. The highest BCUT2D eigenvalue weighted by atomic mass is 32.2. The zero-order valence-electron chi connectivity index (χ0n) is 12.3. The lowest BCUT2D eigenvalue weighted by atomic mass is 9.99. The minimum absolute atomic E-state index is 0.359. The maximum atomic E-state index is 12.1. The van der Waals surface area contributed by atoms with Gasteiger partial charge in [0.1, 0.15) is 5.65 Å². The fourth-order valence-electron chi connectivity index (χ4n) is 2.83. The predicted octanol–water partition coefficient (Wildman–Crippen LogP) is 1.23. The zero-order chi connectivity index (χ0) is 15.0. The Morgan fingerprint density at radius 1 is 1.48 bits per heavy atom. The van der Waals surface area contributed by atoms with Crippen molar-refractivity contribution in [2.24, 2.45) is 5.92 Å². The van der Waals surface area contributed by atoms with E-state index in [1.54, 1.807) is 18.4 Å². The Kier molecular flexibility index (Phi) is 3.73. The Bertz CT molecular complexity index is 738. The van der Waals surface area contributed by atoms with E-state index in [1.807, 2.05) is 18.5 Å². The predicted molar refractivity (Wildman–Crippen MR) is 82.1 cm³/mol. The molecular weight excluding hydrogens is 288 g/mol. The summed E-state index contributed by atoms with van der Waals surface area (Å²) in [6.45, 7) is 1.19. The van der Waals surface area contributed by atoms with E-state index in [4.69, 9.17) is 0 Å². The quantitative estimate of drug-likeness (QED) is 0.924. The van der Waals surface area contributed by atoms with Gasteiger partial charge in [0.25, 0.3) is 10.2 Å². The van der Waals surface area contributed by atoms with Gasteiger partial charge in [-0.3, -0.25) is 0 Å². The summed E-state index contributed by atoms with van der Waals surface area (Å²) in [6, 6.07) is 4.13. The van der Waals surface area contributed by atoms with Crippen molar-refractivity contribution in [3.63, 3.8) is 0 Å². The highest BCUT2D eigenvalue weighted by Gasteiger charge is 2.32. The van der Waals surface area contributed by atoms with Crippen LogP contribution in [0.5, 0.6) is 0 Å². The van der Waals surface area contributed by atoms with Crippen LogP contribution in [-0.4, -0.2) is 54.2 Å². The smallest absolute Gasteiger partial charge is 0.281 e. The third-order valence-electron chi connectivity index (χ3n) is 4.02. The topological polar surface area (TPSA) is 69.3 Å². The number of nitrogens with one attached hydrogen (secondary N) is 1. The Morgan fingerprint density at radius 2 is 2.29 bits per heavy atom. The molecule has 114 valence electrons. The van der Waals surface area contributed by atoms with Crippen LogP contribution in [0.15, 0.2) is 24.5 Å². The second-order valence-electron chi connectivity index (χ2n) is 5.77. The van der Waals surface area contributed by atoms with Crippen LogP contribution in [0.25, 0.3) is 11.0 Å². The molecule has 0 bridgehead atoms. The van der Waals surface area contributed by atoms with E-state index in [-0.39, 0.29) is 0 Å². The van der Waals surface area contributed by atoms with Gasteiger partial charge in [0, 0.05) is 45.0 Å². The normalized spacial score (nSPS) is 20.6. The van der Waals surface area contributed by atoms with Gasteiger partial charge >= 0.3 is 0 Å². The lowest BCUT2D eigenvalue weighted by Gasteiger charge is -2.20. The van der Waals surface area contributed by atoms with Crippen molar-refractivity contribution in [1.82, 2.24) is 18.6 Å². The first kappa shape index (κ1) is 14.5. The van der Waals surface area contributed by atoms with Crippen molar-refractivity contribution in [3.05, 3.63) is 30.1 Å². The summed E-state index contributed by atoms with van der Waals surface area (Å²) >= 11 is 0. The molecule has 0 spiro atoms. The Balaban J connectivity index is 1.69. The molecule has 1 fully saturated rings. The molecule has 3 heterocycles. The molecule has 0 aromatic carbocycles. The molecule has 1 N–H and O–H groups in total. The number of aromatic nitrogens is 2. The first-order valence-corrected chi connectivity index (χ1v) is 8.46. The summed E-state index contributed by atoms with van der Waals surface area (Å²) < 4.78 is 27.1. The van der Waals surface area contributed by atoms with Crippen LogP contribution >= 0.6 is 0 Å². The monoisotopic (exact) mass is 308 g/mol. The van der Waals surface area contributed by atoms with Crippen molar-refractivity contribution in [2.45, 2.75) is 12.8 Å². The number of hydrogen-bond donors (Lipinski definition) is 1. The largest absolute Gasteiger partial charge is 0.346 e. The van der Waals surface area contributed by atoms with Crippen LogP contribution in [0, 0.1) is 5.92 Å². The summed E-state index contributed by atoms with van der Waals surface area (Å²) in [6.07, 6.45) is 5.52. The summed E-state index contributed by atoms with van der Waals surface area (Å²) in [5, 5.41) is 1.10. The van der Waals surface area contributed by atoms with Crippen LogP contribution in [0.2, 0.25) is 0 Å².